The minimum Gasteiger partial charge on any atom is -0.493 e. The van der Waals surface area contributed by atoms with Crippen LogP contribution in [0.1, 0.15) is 0 Å². The average molecular weight is 367 g/mol. The number of piperazine rings is 1. The molecule has 0 spiro atoms. The van der Waals surface area contributed by atoms with Gasteiger partial charge < -0.3 is 19.7 Å². The van der Waals surface area contributed by atoms with Gasteiger partial charge in [0, 0.05) is 36.0 Å². The standard InChI is InChI=1S/C18H22N2O2S.ClH/c1-21-16-8-7-14(13-17(16)22-2)23-18-6-4-3-5-15(18)20-11-9-19-10-12-20;/h3-8,13,19H,9-12H2,1-2H3;1H. The zero-order valence-electron chi connectivity index (χ0n) is 14.0. The quantitative estimate of drug-likeness (QED) is 0.872. The van der Waals surface area contributed by atoms with E-state index < -0.39 is 0 Å². The molecule has 24 heavy (non-hydrogen) atoms. The molecule has 0 radical (unpaired) electrons. The van der Waals surface area contributed by atoms with E-state index in [1.165, 1.54) is 10.6 Å². The number of methoxy groups -OCH3 is 2. The summed E-state index contributed by atoms with van der Waals surface area (Å²) in [5.41, 5.74) is 1.30. The predicted octanol–water partition coefficient (Wildman–Crippen LogP) is 3.69. The molecule has 0 atom stereocenters. The van der Waals surface area contributed by atoms with E-state index in [2.05, 4.69) is 40.5 Å². The largest absolute Gasteiger partial charge is 0.493 e. The van der Waals surface area contributed by atoms with Gasteiger partial charge in [-0.3, -0.25) is 0 Å². The number of hydrogen-bond acceptors (Lipinski definition) is 5. The van der Waals surface area contributed by atoms with Gasteiger partial charge in [0.15, 0.2) is 11.5 Å². The first-order chi connectivity index (χ1) is 11.3. The third-order valence-electron chi connectivity index (χ3n) is 3.91. The Balaban J connectivity index is 0.00000208. The van der Waals surface area contributed by atoms with Gasteiger partial charge in [-0.25, -0.2) is 0 Å². The van der Waals surface area contributed by atoms with Crippen LogP contribution in [-0.2, 0) is 0 Å². The molecule has 2 aromatic rings. The van der Waals surface area contributed by atoms with Crippen molar-refractivity contribution in [2.45, 2.75) is 9.79 Å². The number of para-hydroxylation sites is 1. The van der Waals surface area contributed by atoms with Crippen LogP contribution in [0.4, 0.5) is 5.69 Å². The third-order valence-corrected chi connectivity index (χ3v) is 4.96. The number of halogens is 1. The van der Waals surface area contributed by atoms with Crippen molar-refractivity contribution < 1.29 is 9.47 Å². The van der Waals surface area contributed by atoms with Gasteiger partial charge in [0.05, 0.1) is 19.9 Å². The van der Waals surface area contributed by atoms with Gasteiger partial charge in [-0.15, -0.1) is 12.4 Å². The van der Waals surface area contributed by atoms with E-state index in [1.54, 1.807) is 26.0 Å². The molecular formula is C18H23ClN2O2S. The molecule has 4 nitrogen and oxygen atoms in total. The zero-order valence-corrected chi connectivity index (χ0v) is 15.6. The molecule has 0 amide bonds. The van der Waals surface area contributed by atoms with Crippen molar-refractivity contribution in [1.29, 1.82) is 0 Å². The van der Waals surface area contributed by atoms with Crippen LogP contribution < -0.4 is 19.7 Å². The lowest BCUT2D eigenvalue weighted by atomic mass is 10.2. The highest BCUT2D eigenvalue weighted by Crippen LogP contribution is 2.39. The van der Waals surface area contributed by atoms with Crippen molar-refractivity contribution in [3.05, 3.63) is 42.5 Å². The molecule has 3 rings (SSSR count). The number of ether oxygens (including phenoxy) is 2. The molecule has 1 fully saturated rings. The van der Waals surface area contributed by atoms with Gasteiger partial charge in [0.1, 0.15) is 0 Å². The number of benzene rings is 2. The molecule has 130 valence electrons. The monoisotopic (exact) mass is 366 g/mol. The Morgan fingerprint density at radius 3 is 2.38 bits per heavy atom. The van der Waals surface area contributed by atoms with Crippen molar-refractivity contribution in [3.63, 3.8) is 0 Å². The summed E-state index contributed by atoms with van der Waals surface area (Å²) in [4.78, 5) is 4.85. The Labute approximate surface area is 153 Å². The van der Waals surface area contributed by atoms with E-state index in [0.717, 1.165) is 42.6 Å². The van der Waals surface area contributed by atoms with E-state index >= 15 is 0 Å². The zero-order chi connectivity index (χ0) is 16.1. The summed E-state index contributed by atoms with van der Waals surface area (Å²) in [6.07, 6.45) is 0. The smallest absolute Gasteiger partial charge is 0.161 e. The van der Waals surface area contributed by atoms with Gasteiger partial charge >= 0.3 is 0 Å². The number of nitrogens with zero attached hydrogens (tertiary/aromatic N) is 1. The number of hydrogen-bond donors (Lipinski definition) is 1. The van der Waals surface area contributed by atoms with Gasteiger partial charge in [-0.1, -0.05) is 23.9 Å². The summed E-state index contributed by atoms with van der Waals surface area (Å²) in [5.74, 6) is 1.52. The maximum atomic E-state index is 5.40. The minimum absolute atomic E-state index is 0. The van der Waals surface area contributed by atoms with Crippen LogP contribution in [0.2, 0.25) is 0 Å². The Hall–Kier alpha value is -1.56. The summed E-state index contributed by atoms with van der Waals surface area (Å²) in [6.45, 7) is 4.16. The fourth-order valence-corrected chi connectivity index (χ4v) is 3.72. The van der Waals surface area contributed by atoms with Crippen LogP contribution in [0.15, 0.2) is 52.3 Å². The van der Waals surface area contributed by atoms with Crippen molar-refractivity contribution >= 4 is 29.9 Å². The van der Waals surface area contributed by atoms with Gasteiger partial charge in [0.25, 0.3) is 0 Å². The summed E-state index contributed by atoms with van der Waals surface area (Å²) >= 11 is 1.76. The van der Waals surface area contributed by atoms with E-state index in [1.807, 2.05) is 12.1 Å². The van der Waals surface area contributed by atoms with Crippen LogP contribution in [0, 0.1) is 0 Å². The second-order valence-corrected chi connectivity index (χ2v) is 6.44. The molecule has 6 heteroatoms. The summed E-state index contributed by atoms with van der Waals surface area (Å²) in [7, 11) is 3.32. The van der Waals surface area contributed by atoms with E-state index in [-0.39, 0.29) is 12.4 Å². The number of rotatable bonds is 5. The van der Waals surface area contributed by atoms with E-state index in [0.29, 0.717) is 0 Å². The first-order valence-electron chi connectivity index (χ1n) is 7.76. The summed E-state index contributed by atoms with van der Waals surface area (Å²) in [6, 6.07) is 14.6. The number of anilines is 1. The summed E-state index contributed by atoms with van der Waals surface area (Å²) in [5, 5.41) is 3.40. The normalized spacial score (nSPS) is 14.0. The van der Waals surface area contributed by atoms with Crippen LogP contribution in [-0.4, -0.2) is 40.4 Å². The highest BCUT2D eigenvalue weighted by atomic mass is 35.5. The first-order valence-corrected chi connectivity index (χ1v) is 8.58. The fourth-order valence-electron chi connectivity index (χ4n) is 2.72. The lowest BCUT2D eigenvalue weighted by Gasteiger charge is -2.31. The van der Waals surface area contributed by atoms with Crippen LogP contribution in [0.3, 0.4) is 0 Å². The Morgan fingerprint density at radius 1 is 0.958 bits per heavy atom. The highest BCUT2D eigenvalue weighted by Gasteiger charge is 2.15. The Bertz CT molecular complexity index is 663. The molecule has 1 heterocycles. The molecule has 0 aromatic heterocycles. The van der Waals surface area contributed by atoms with Gasteiger partial charge in [0.2, 0.25) is 0 Å². The van der Waals surface area contributed by atoms with E-state index in [9.17, 15) is 0 Å². The highest BCUT2D eigenvalue weighted by molar-refractivity contribution is 7.99. The molecule has 1 N–H and O–H groups in total. The first kappa shape index (κ1) is 18.8. The van der Waals surface area contributed by atoms with Gasteiger partial charge in [-0.05, 0) is 30.3 Å². The maximum Gasteiger partial charge on any atom is 0.161 e. The molecule has 1 aliphatic heterocycles. The van der Waals surface area contributed by atoms with Gasteiger partial charge in [-0.2, -0.15) is 0 Å². The Morgan fingerprint density at radius 2 is 1.67 bits per heavy atom. The van der Waals surface area contributed by atoms with Crippen molar-refractivity contribution in [2.75, 3.05) is 45.3 Å². The maximum absolute atomic E-state index is 5.40. The SMILES string of the molecule is COc1ccc(Sc2ccccc2N2CCNCC2)cc1OC.Cl. The van der Waals surface area contributed by atoms with E-state index in [4.69, 9.17) is 9.47 Å². The fraction of sp³-hybridized carbons (Fsp3) is 0.333. The molecular weight excluding hydrogens is 344 g/mol. The molecule has 1 saturated heterocycles. The molecule has 0 unspecified atom stereocenters. The lowest BCUT2D eigenvalue weighted by molar-refractivity contribution is 0.354. The van der Waals surface area contributed by atoms with Crippen molar-refractivity contribution in [3.8, 4) is 11.5 Å². The second kappa shape index (κ2) is 9.06. The Kier molecular flexibility index (Phi) is 7.09. The van der Waals surface area contributed by atoms with Crippen LogP contribution in [0.25, 0.3) is 0 Å². The number of nitrogens with one attached hydrogen (secondary N) is 1. The van der Waals surface area contributed by atoms with Crippen LogP contribution in [0.5, 0.6) is 11.5 Å². The summed E-state index contributed by atoms with van der Waals surface area (Å²) < 4.78 is 10.7. The predicted molar refractivity (Wildman–Crippen MR) is 102 cm³/mol. The molecule has 0 saturated carbocycles. The molecule has 1 aliphatic rings. The third kappa shape index (κ3) is 4.29. The molecule has 0 aliphatic carbocycles. The average Bonchev–Trinajstić information content (AvgIpc) is 2.63. The van der Waals surface area contributed by atoms with Crippen LogP contribution >= 0.6 is 24.2 Å². The lowest BCUT2D eigenvalue weighted by Crippen LogP contribution is -2.43. The minimum atomic E-state index is 0. The molecule has 0 bridgehead atoms. The van der Waals surface area contributed by atoms with Crippen molar-refractivity contribution in [2.24, 2.45) is 0 Å². The second-order valence-electron chi connectivity index (χ2n) is 5.32. The van der Waals surface area contributed by atoms with Crippen molar-refractivity contribution in [1.82, 2.24) is 5.32 Å². The topological polar surface area (TPSA) is 33.7 Å². The molecule has 2 aromatic carbocycles.